The van der Waals surface area contributed by atoms with Gasteiger partial charge in [0.25, 0.3) is 0 Å². The Labute approximate surface area is 128 Å². The van der Waals surface area contributed by atoms with Gasteiger partial charge >= 0.3 is 6.03 Å². The number of rotatable bonds is 3. The quantitative estimate of drug-likeness (QED) is 0.912. The highest BCUT2D eigenvalue weighted by Gasteiger charge is 2.22. The first-order chi connectivity index (χ1) is 10.3. The van der Waals surface area contributed by atoms with Crippen LogP contribution in [0.2, 0.25) is 0 Å². The van der Waals surface area contributed by atoms with Crippen molar-refractivity contribution in [2.75, 3.05) is 56.0 Å². The smallest absolute Gasteiger partial charge is 0.323 e. The monoisotopic (exact) mass is 310 g/mol. The number of aromatic nitrogens is 2. The van der Waals surface area contributed by atoms with Crippen LogP contribution >= 0.6 is 11.3 Å². The first-order valence-corrected chi connectivity index (χ1v) is 8.44. The summed E-state index contributed by atoms with van der Waals surface area (Å²) in [6.45, 7) is 9.04. The number of carbonyl (C=O) groups excluding carboxylic acids is 1. The second kappa shape index (κ2) is 6.57. The summed E-state index contributed by atoms with van der Waals surface area (Å²) in [4.78, 5) is 18.5. The number of hydrogen-bond donors (Lipinski definition) is 1. The van der Waals surface area contributed by atoms with Crippen molar-refractivity contribution >= 4 is 27.6 Å². The molecule has 116 valence electrons. The van der Waals surface area contributed by atoms with Gasteiger partial charge in [-0.05, 0) is 19.4 Å². The van der Waals surface area contributed by atoms with Crippen LogP contribution in [0.3, 0.4) is 0 Å². The predicted molar refractivity (Wildman–Crippen MR) is 84.1 cm³/mol. The number of hydrogen-bond acceptors (Lipinski definition) is 6. The Morgan fingerprint density at radius 2 is 1.86 bits per heavy atom. The molecule has 0 radical (unpaired) electrons. The highest BCUT2D eigenvalue weighted by molar-refractivity contribution is 7.19. The molecule has 0 spiro atoms. The van der Waals surface area contributed by atoms with E-state index in [2.05, 4.69) is 32.2 Å². The molecule has 1 aromatic heterocycles. The van der Waals surface area contributed by atoms with E-state index in [1.54, 1.807) is 0 Å². The number of nitrogens with zero attached hydrogens (tertiary/aromatic N) is 5. The molecule has 2 aliphatic heterocycles. The fourth-order valence-corrected chi connectivity index (χ4v) is 3.53. The Balaban J connectivity index is 1.55. The lowest BCUT2D eigenvalue weighted by molar-refractivity contribution is 0.222. The fraction of sp³-hybridized carbons (Fsp3) is 0.769. The van der Waals surface area contributed by atoms with Crippen LogP contribution in [0.25, 0.3) is 0 Å². The number of amides is 2. The summed E-state index contributed by atoms with van der Waals surface area (Å²) in [5.74, 6) is 0. The number of urea groups is 1. The topological polar surface area (TPSA) is 64.6 Å². The van der Waals surface area contributed by atoms with Gasteiger partial charge in [0.15, 0.2) is 0 Å². The third-order valence-corrected chi connectivity index (χ3v) is 5.01. The van der Waals surface area contributed by atoms with Crippen LogP contribution in [0.4, 0.5) is 15.1 Å². The van der Waals surface area contributed by atoms with Gasteiger partial charge in [0.05, 0.1) is 0 Å². The lowest BCUT2D eigenvalue weighted by Crippen LogP contribution is -2.46. The summed E-state index contributed by atoms with van der Waals surface area (Å²) in [6.07, 6.45) is 2.19. The summed E-state index contributed by atoms with van der Waals surface area (Å²) < 4.78 is 0. The van der Waals surface area contributed by atoms with E-state index >= 15 is 0 Å². The molecule has 0 atom stereocenters. The standard InChI is InChI=1S/C13H22N6OS/c1-2-17-7-9-19(10-8-17)13-16-15-11(21-13)14-12(20)18-5-3-4-6-18/h2-10H2,1H3,(H,14,15,20). The van der Waals surface area contributed by atoms with E-state index in [-0.39, 0.29) is 6.03 Å². The normalized spacial score (nSPS) is 20.0. The fourth-order valence-electron chi connectivity index (χ4n) is 2.74. The van der Waals surface area contributed by atoms with Gasteiger partial charge in [-0.3, -0.25) is 5.32 Å². The highest BCUT2D eigenvalue weighted by Crippen LogP contribution is 2.25. The van der Waals surface area contributed by atoms with E-state index in [0.29, 0.717) is 5.13 Å². The van der Waals surface area contributed by atoms with Gasteiger partial charge in [-0.2, -0.15) is 0 Å². The summed E-state index contributed by atoms with van der Waals surface area (Å²) in [5.41, 5.74) is 0. The van der Waals surface area contributed by atoms with Crippen LogP contribution < -0.4 is 10.2 Å². The SMILES string of the molecule is CCN1CCN(c2nnc(NC(=O)N3CCCC3)s2)CC1. The van der Waals surface area contributed by atoms with Crippen LogP contribution in [0, 0.1) is 0 Å². The number of anilines is 2. The first kappa shape index (κ1) is 14.5. The lowest BCUT2D eigenvalue weighted by Gasteiger charge is -2.33. The number of piperazine rings is 1. The molecule has 2 fully saturated rings. The van der Waals surface area contributed by atoms with Gasteiger partial charge in [0.2, 0.25) is 10.3 Å². The van der Waals surface area contributed by atoms with Crippen molar-refractivity contribution < 1.29 is 4.79 Å². The van der Waals surface area contributed by atoms with E-state index in [1.807, 2.05) is 4.90 Å². The molecule has 1 N–H and O–H groups in total. The van der Waals surface area contributed by atoms with E-state index in [4.69, 9.17) is 0 Å². The van der Waals surface area contributed by atoms with Gasteiger partial charge in [-0.25, -0.2) is 4.79 Å². The summed E-state index contributed by atoms with van der Waals surface area (Å²) in [6, 6.07) is -0.0500. The van der Waals surface area contributed by atoms with Gasteiger partial charge in [-0.1, -0.05) is 18.3 Å². The number of likely N-dealkylation sites (tertiary alicyclic amines) is 1. The highest BCUT2D eigenvalue weighted by atomic mass is 32.1. The van der Waals surface area contributed by atoms with E-state index in [0.717, 1.165) is 63.8 Å². The minimum absolute atomic E-state index is 0.0500. The first-order valence-electron chi connectivity index (χ1n) is 7.63. The molecule has 0 unspecified atom stereocenters. The Bertz CT molecular complexity index is 479. The maximum absolute atomic E-state index is 12.0. The van der Waals surface area contributed by atoms with Crippen molar-refractivity contribution in [1.29, 1.82) is 0 Å². The van der Waals surface area contributed by atoms with E-state index in [1.165, 1.54) is 11.3 Å². The predicted octanol–water partition coefficient (Wildman–Crippen LogP) is 1.31. The number of carbonyl (C=O) groups is 1. The minimum Gasteiger partial charge on any atom is -0.344 e. The van der Waals surface area contributed by atoms with Crippen molar-refractivity contribution in [3.63, 3.8) is 0 Å². The molecule has 2 saturated heterocycles. The molecule has 2 aliphatic rings. The molecular weight excluding hydrogens is 288 g/mol. The average Bonchev–Trinajstić information content (AvgIpc) is 3.19. The Morgan fingerprint density at radius 3 is 2.52 bits per heavy atom. The van der Waals surface area contributed by atoms with Gasteiger partial charge < -0.3 is 14.7 Å². The Hall–Kier alpha value is -1.41. The van der Waals surface area contributed by atoms with Crippen LogP contribution in [0.15, 0.2) is 0 Å². The summed E-state index contributed by atoms with van der Waals surface area (Å²) in [5, 5.41) is 12.7. The molecule has 3 rings (SSSR count). The number of likely N-dealkylation sites (N-methyl/N-ethyl adjacent to an activating group) is 1. The van der Waals surface area contributed by atoms with Crippen LogP contribution in [0.1, 0.15) is 19.8 Å². The molecule has 21 heavy (non-hydrogen) atoms. The molecule has 8 heteroatoms. The van der Waals surface area contributed by atoms with Crippen molar-refractivity contribution in [3.8, 4) is 0 Å². The second-order valence-corrected chi connectivity index (χ2v) is 6.39. The molecule has 0 bridgehead atoms. The van der Waals surface area contributed by atoms with Gasteiger partial charge in [0.1, 0.15) is 0 Å². The molecule has 0 aliphatic carbocycles. The zero-order valence-corrected chi connectivity index (χ0v) is 13.2. The summed E-state index contributed by atoms with van der Waals surface area (Å²) >= 11 is 1.46. The van der Waals surface area contributed by atoms with Crippen LogP contribution in [-0.4, -0.2) is 71.8 Å². The minimum atomic E-state index is -0.0500. The third-order valence-electron chi connectivity index (χ3n) is 4.11. The molecule has 2 amide bonds. The van der Waals surface area contributed by atoms with Crippen LogP contribution in [-0.2, 0) is 0 Å². The van der Waals surface area contributed by atoms with Crippen molar-refractivity contribution in [1.82, 2.24) is 20.0 Å². The molecular formula is C13H22N6OS. The van der Waals surface area contributed by atoms with Gasteiger partial charge in [0, 0.05) is 39.3 Å². The maximum Gasteiger partial charge on any atom is 0.323 e. The Kier molecular flexibility index (Phi) is 4.54. The van der Waals surface area contributed by atoms with Crippen molar-refractivity contribution in [2.24, 2.45) is 0 Å². The van der Waals surface area contributed by atoms with Crippen LogP contribution in [0.5, 0.6) is 0 Å². The van der Waals surface area contributed by atoms with E-state index < -0.39 is 0 Å². The molecule has 7 nitrogen and oxygen atoms in total. The number of nitrogens with one attached hydrogen (secondary N) is 1. The average molecular weight is 310 g/mol. The molecule has 0 aromatic carbocycles. The summed E-state index contributed by atoms with van der Waals surface area (Å²) in [7, 11) is 0. The Morgan fingerprint density at radius 1 is 1.14 bits per heavy atom. The van der Waals surface area contributed by atoms with Crippen molar-refractivity contribution in [3.05, 3.63) is 0 Å². The molecule has 0 saturated carbocycles. The largest absolute Gasteiger partial charge is 0.344 e. The van der Waals surface area contributed by atoms with E-state index in [9.17, 15) is 4.79 Å². The third kappa shape index (κ3) is 3.44. The molecule has 1 aromatic rings. The second-order valence-electron chi connectivity index (χ2n) is 5.44. The zero-order valence-electron chi connectivity index (χ0n) is 12.4. The van der Waals surface area contributed by atoms with Crippen molar-refractivity contribution in [2.45, 2.75) is 19.8 Å². The zero-order chi connectivity index (χ0) is 14.7. The maximum atomic E-state index is 12.0. The molecule has 3 heterocycles. The lowest BCUT2D eigenvalue weighted by atomic mass is 10.3. The van der Waals surface area contributed by atoms with Gasteiger partial charge in [-0.15, -0.1) is 10.2 Å².